The summed E-state index contributed by atoms with van der Waals surface area (Å²) in [6.45, 7) is 7.22. The van der Waals surface area contributed by atoms with E-state index in [1.807, 2.05) is 38.1 Å². The minimum Gasteiger partial charge on any atom is -0.465 e. The number of esters is 1. The summed E-state index contributed by atoms with van der Waals surface area (Å²) < 4.78 is 5.11. The minimum absolute atomic E-state index is 0.169. The lowest BCUT2D eigenvalue weighted by Crippen LogP contribution is -2.44. The topological polar surface area (TPSA) is 43.4 Å². The lowest BCUT2D eigenvalue weighted by atomic mass is 9.73. The Bertz CT molecular complexity index is 451. The summed E-state index contributed by atoms with van der Waals surface area (Å²) in [5.74, 6) is -0.618. The highest BCUT2D eigenvalue weighted by atomic mass is 16.5. The second kappa shape index (κ2) is 5.80. The molecule has 3 heteroatoms. The van der Waals surface area contributed by atoms with Gasteiger partial charge < -0.3 is 4.74 Å². The van der Waals surface area contributed by atoms with E-state index < -0.39 is 11.4 Å². The van der Waals surface area contributed by atoms with Gasteiger partial charge >= 0.3 is 5.97 Å². The summed E-state index contributed by atoms with van der Waals surface area (Å²) in [5, 5.41) is 0. The number of carbonyl (C=O) groups is 2. The van der Waals surface area contributed by atoms with Gasteiger partial charge in [0.25, 0.3) is 0 Å². The Hall–Kier alpha value is -1.64. The molecule has 0 saturated carbocycles. The molecule has 0 N–H and O–H groups in total. The number of aryl methyl sites for hydroxylation is 1. The largest absolute Gasteiger partial charge is 0.465 e. The Morgan fingerprint density at radius 1 is 1.22 bits per heavy atom. The fourth-order valence-electron chi connectivity index (χ4n) is 2.33. The van der Waals surface area contributed by atoms with Gasteiger partial charge in [-0.15, -0.1) is 0 Å². The average molecular weight is 248 g/mol. The van der Waals surface area contributed by atoms with Crippen LogP contribution >= 0.6 is 0 Å². The molecule has 0 amide bonds. The first-order valence-electron chi connectivity index (χ1n) is 6.25. The van der Waals surface area contributed by atoms with Crippen LogP contribution in [0.5, 0.6) is 0 Å². The molecule has 0 aliphatic heterocycles. The van der Waals surface area contributed by atoms with Gasteiger partial charge in [-0.3, -0.25) is 9.59 Å². The van der Waals surface area contributed by atoms with Crippen LogP contribution in [0.3, 0.4) is 0 Å². The molecule has 0 fully saturated rings. The summed E-state index contributed by atoms with van der Waals surface area (Å²) in [7, 11) is 0. The molecule has 18 heavy (non-hydrogen) atoms. The molecular weight excluding hydrogens is 228 g/mol. The highest BCUT2D eigenvalue weighted by Crippen LogP contribution is 2.33. The van der Waals surface area contributed by atoms with Crippen molar-refractivity contribution in [3.8, 4) is 0 Å². The van der Waals surface area contributed by atoms with Crippen LogP contribution in [0.1, 0.15) is 38.3 Å². The molecule has 0 aromatic heterocycles. The predicted molar refractivity (Wildman–Crippen MR) is 70.5 cm³/mol. The zero-order valence-electron chi connectivity index (χ0n) is 11.4. The number of ketones is 1. The van der Waals surface area contributed by atoms with Crippen molar-refractivity contribution in [2.45, 2.75) is 39.5 Å². The molecule has 0 aliphatic rings. The number of hydrogen-bond acceptors (Lipinski definition) is 3. The molecule has 0 bridgehead atoms. The first kappa shape index (κ1) is 14.4. The molecule has 1 aromatic rings. The zero-order chi connectivity index (χ0) is 13.8. The van der Waals surface area contributed by atoms with Crippen molar-refractivity contribution in [3.63, 3.8) is 0 Å². The first-order valence-corrected chi connectivity index (χ1v) is 6.25. The number of ether oxygens (including phenoxy) is 1. The van der Waals surface area contributed by atoms with Crippen LogP contribution in [0.25, 0.3) is 0 Å². The third-order valence-corrected chi connectivity index (χ3v) is 3.36. The maximum atomic E-state index is 12.2. The monoisotopic (exact) mass is 248 g/mol. The van der Waals surface area contributed by atoms with E-state index in [0.717, 1.165) is 11.1 Å². The smallest absolute Gasteiger partial charge is 0.324 e. The number of Topliss-reactive ketones (excluding diaryl/α,β-unsaturated/α-hetero) is 1. The number of carbonyl (C=O) groups excluding carboxylic acids is 2. The van der Waals surface area contributed by atoms with Crippen LogP contribution in [0.2, 0.25) is 0 Å². The van der Waals surface area contributed by atoms with E-state index in [0.29, 0.717) is 6.42 Å². The summed E-state index contributed by atoms with van der Waals surface area (Å²) in [4.78, 5) is 24.3. The van der Waals surface area contributed by atoms with Gasteiger partial charge in [0.2, 0.25) is 0 Å². The first-order chi connectivity index (χ1) is 8.50. The summed E-state index contributed by atoms with van der Waals surface area (Å²) in [6, 6.07) is 7.47. The summed E-state index contributed by atoms with van der Waals surface area (Å²) >= 11 is 0. The van der Waals surface area contributed by atoms with Crippen LogP contribution in [0.4, 0.5) is 0 Å². The Kier molecular flexibility index (Phi) is 4.65. The van der Waals surface area contributed by atoms with Gasteiger partial charge in [0.1, 0.15) is 0 Å². The normalized spacial score (nSPS) is 13.8. The van der Waals surface area contributed by atoms with E-state index in [1.165, 1.54) is 6.92 Å². The van der Waals surface area contributed by atoms with Crippen molar-refractivity contribution < 1.29 is 14.3 Å². The van der Waals surface area contributed by atoms with Crippen LogP contribution < -0.4 is 0 Å². The van der Waals surface area contributed by atoms with Gasteiger partial charge in [-0.1, -0.05) is 31.2 Å². The Balaban J connectivity index is 3.42. The maximum absolute atomic E-state index is 12.2. The number of hydrogen-bond donors (Lipinski definition) is 0. The predicted octanol–water partition coefficient (Wildman–Crippen LogP) is 2.79. The molecule has 0 saturated heterocycles. The molecule has 1 unspecified atom stereocenters. The van der Waals surface area contributed by atoms with Crippen molar-refractivity contribution in [1.29, 1.82) is 0 Å². The van der Waals surface area contributed by atoms with Crippen LogP contribution in [-0.4, -0.2) is 18.4 Å². The Morgan fingerprint density at radius 2 is 1.83 bits per heavy atom. The lowest BCUT2D eigenvalue weighted by molar-refractivity contribution is -0.154. The van der Waals surface area contributed by atoms with E-state index in [-0.39, 0.29) is 12.4 Å². The van der Waals surface area contributed by atoms with Crippen molar-refractivity contribution in [1.82, 2.24) is 0 Å². The van der Waals surface area contributed by atoms with Crippen molar-refractivity contribution >= 4 is 11.8 Å². The highest BCUT2D eigenvalue weighted by Gasteiger charge is 2.45. The van der Waals surface area contributed by atoms with E-state index in [2.05, 4.69) is 0 Å². The quantitative estimate of drug-likeness (QED) is 0.594. The molecule has 0 aliphatic carbocycles. The van der Waals surface area contributed by atoms with Crippen LogP contribution in [-0.2, 0) is 19.7 Å². The van der Waals surface area contributed by atoms with Gasteiger partial charge in [0, 0.05) is 0 Å². The van der Waals surface area contributed by atoms with E-state index in [4.69, 9.17) is 4.74 Å². The zero-order valence-corrected chi connectivity index (χ0v) is 11.4. The molecule has 1 aromatic carbocycles. The number of benzene rings is 1. The molecule has 3 nitrogen and oxygen atoms in total. The Labute approximate surface area is 108 Å². The van der Waals surface area contributed by atoms with E-state index in [9.17, 15) is 9.59 Å². The Morgan fingerprint density at radius 3 is 2.28 bits per heavy atom. The lowest BCUT2D eigenvalue weighted by Gasteiger charge is -2.29. The molecule has 1 atom stereocenters. The fourth-order valence-corrected chi connectivity index (χ4v) is 2.33. The second-order valence-corrected chi connectivity index (χ2v) is 4.35. The molecule has 0 heterocycles. The van der Waals surface area contributed by atoms with Crippen molar-refractivity contribution in [2.75, 3.05) is 6.61 Å². The molecular formula is C15H20O3. The van der Waals surface area contributed by atoms with Crippen LogP contribution in [0.15, 0.2) is 24.3 Å². The maximum Gasteiger partial charge on any atom is 0.324 e. The third-order valence-electron chi connectivity index (χ3n) is 3.36. The fraction of sp³-hybridized carbons (Fsp3) is 0.467. The van der Waals surface area contributed by atoms with Crippen molar-refractivity contribution in [3.05, 3.63) is 35.4 Å². The van der Waals surface area contributed by atoms with Gasteiger partial charge in [-0.25, -0.2) is 0 Å². The van der Waals surface area contributed by atoms with Crippen molar-refractivity contribution in [2.24, 2.45) is 0 Å². The van der Waals surface area contributed by atoms with Gasteiger partial charge in [-0.05, 0) is 38.3 Å². The molecule has 0 spiro atoms. The minimum atomic E-state index is -1.17. The highest BCUT2D eigenvalue weighted by molar-refractivity contribution is 6.09. The van der Waals surface area contributed by atoms with E-state index in [1.54, 1.807) is 6.92 Å². The number of rotatable bonds is 5. The van der Waals surface area contributed by atoms with E-state index >= 15 is 0 Å². The van der Waals surface area contributed by atoms with Gasteiger partial charge in [-0.2, -0.15) is 0 Å². The van der Waals surface area contributed by atoms with Gasteiger partial charge in [0.15, 0.2) is 11.2 Å². The van der Waals surface area contributed by atoms with Crippen LogP contribution in [0, 0.1) is 6.92 Å². The molecule has 98 valence electrons. The molecule has 0 radical (unpaired) electrons. The van der Waals surface area contributed by atoms with Gasteiger partial charge in [0.05, 0.1) is 6.61 Å². The molecule has 1 rings (SSSR count). The second-order valence-electron chi connectivity index (χ2n) is 4.35. The standard InChI is InChI=1S/C15H20O3/c1-5-15(12(4)16,14(17)18-6-2)13-10-8-7-9-11(13)3/h7-10H,5-6H2,1-4H3. The SMILES string of the molecule is CCOC(=O)C(CC)(C(C)=O)c1ccccc1C. The average Bonchev–Trinajstić information content (AvgIpc) is 2.33. The summed E-state index contributed by atoms with van der Waals surface area (Å²) in [6.07, 6.45) is 0.409. The summed E-state index contributed by atoms with van der Waals surface area (Å²) in [5.41, 5.74) is 0.516. The third kappa shape index (κ3) is 2.30.